The number of H-pyrrole nitrogens is 2. The maximum atomic E-state index is 12.3. The van der Waals surface area contributed by atoms with Crippen LogP contribution in [0, 0.1) is 6.92 Å². The average molecular weight is 310 g/mol. The van der Waals surface area contributed by atoms with Gasteiger partial charge in [0.05, 0.1) is 17.4 Å². The van der Waals surface area contributed by atoms with Gasteiger partial charge in [-0.3, -0.25) is 14.6 Å². The molecule has 20 heavy (non-hydrogen) atoms. The Morgan fingerprint density at radius 1 is 1.35 bits per heavy atom. The monoisotopic (exact) mass is 310 g/mol. The first-order valence-electron chi connectivity index (χ1n) is 5.62. The Bertz CT molecular complexity index is 936. The van der Waals surface area contributed by atoms with Gasteiger partial charge in [0, 0.05) is 11.1 Å². The summed E-state index contributed by atoms with van der Waals surface area (Å²) in [5, 5.41) is 7.30. The minimum Gasteiger partial charge on any atom is -0.315 e. The van der Waals surface area contributed by atoms with Crippen molar-refractivity contribution in [1.82, 2.24) is 15.2 Å². The normalized spacial score (nSPS) is 11.8. The van der Waals surface area contributed by atoms with Crippen molar-refractivity contribution in [2.24, 2.45) is 0 Å². The summed E-state index contributed by atoms with van der Waals surface area (Å²) in [6.45, 7) is 1.55. The van der Waals surface area contributed by atoms with E-state index in [1.165, 1.54) is 0 Å². The van der Waals surface area contributed by atoms with Crippen LogP contribution in [0.15, 0.2) is 33.4 Å². The van der Waals surface area contributed by atoms with Crippen LogP contribution in [0.4, 0.5) is 5.69 Å². The largest absolute Gasteiger partial charge is 0.315 e. The van der Waals surface area contributed by atoms with Gasteiger partial charge in [-0.2, -0.15) is 5.10 Å². The van der Waals surface area contributed by atoms with Gasteiger partial charge in [-0.15, -0.1) is 0 Å². The van der Waals surface area contributed by atoms with Crippen LogP contribution in [-0.2, 0) is 10.0 Å². The van der Waals surface area contributed by atoms with E-state index >= 15 is 0 Å². The van der Waals surface area contributed by atoms with Crippen LogP contribution in [0.2, 0.25) is 0 Å². The van der Waals surface area contributed by atoms with Crippen molar-refractivity contribution in [1.29, 1.82) is 0 Å². The molecular weight excluding hydrogens is 300 g/mol. The second kappa shape index (κ2) is 4.46. The number of aromatic amines is 2. The van der Waals surface area contributed by atoms with Crippen LogP contribution >= 0.6 is 11.3 Å². The molecule has 0 amide bonds. The molecule has 0 atom stereocenters. The molecule has 0 radical (unpaired) electrons. The predicted octanol–water partition coefficient (Wildman–Crippen LogP) is 1.42. The number of hydrogen-bond acceptors (Lipinski definition) is 5. The smallest absolute Gasteiger partial charge is 0.306 e. The van der Waals surface area contributed by atoms with Gasteiger partial charge in [-0.05, 0) is 19.1 Å². The van der Waals surface area contributed by atoms with Gasteiger partial charge in [0.15, 0.2) is 4.21 Å². The van der Waals surface area contributed by atoms with Crippen LogP contribution < -0.4 is 9.60 Å². The number of aryl methyl sites for hydroxylation is 1. The van der Waals surface area contributed by atoms with Crippen molar-refractivity contribution < 1.29 is 8.42 Å². The molecule has 0 aliphatic rings. The molecule has 0 spiro atoms. The lowest BCUT2D eigenvalue weighted by molar-refractivity contribution is 0.602. The molecule has 0 bridgehead atoms. The topological polar surface area (TPSA) is 108 Å². The number of benzene rings is 1. The van der Waals surface area contributed by atoms with Crippen LogP contribution in [0.3, 0.4) is 0 Å². The molecule has 2 heterocycles. The predicted molar refractivity (Wildman–Crippen MR) is 76.6 cm³/mol. The molecule has 1 aromatic carbocycles. The second-order valence-corrected chi connectivity index (χ2v) is 7.03. The molecule has 9 heteroatoms. The highest BCUT2D eigenvalue weighted by atomic mass is 32.2. The first-order valence-corrected chi connectivity index (χ1v) is 7.92. The zero-order valence-electron chi connectivity index (χ0n) is 10.3. The third kappa shape index (κ3) is 2.10. The van der Waals surface area contributed by atoms with Crippen molar-refractivity contribution >= 4 is 38.0 Å². The fraction of sp³-hybridized carbons (Fsp3) is 0.0909. The van der Waals surface area contributed by atoms with E-state index in [2.05, 4.69) is 19.9 Å². The highest BCUT2D eigenvalue weighted by molar-refractivity contribution is 7.94. The van der Waals surface area contributed by atoms with Gasteiger partial charge < -0.3 is 4.98 Å². The van der Waals surface area contributed by atoms with Crippen molar-refractivity contribution in [2.75, 3.05) is 4.72 Å². The molecule has 3 aromatic rings. The maximum absolute atomic E-state index is 12.3. The van der Waals surface area contributed by atoms with Crippen LogP contribution in [0.25, 0.3) is 10.9 Å². The Kier molecular flexibility index (Phi) is 2.87. The summed E-state index contributed by atoms with van der Waals surface area (Å²) < 4.78 is 27.1. The number of aromatic nitrogens is 3. The standard InChI is InChI=1S/C11H10N4O3S2/c1-6-10(19-11(16)13-6)20(17,18)15-9-4-2-3-8-7(9)5-12-14-8/h2-5,15H,1H3,(H,12,14)(H,13,16). The number of fused-ring (bicyclic) bond motifs is 1. The van der Waals surface area contributed by atoms with Crippen molar-refractivity contribution in [2.45, 2.75) is 11.1 Å². The second-order valence-electron chi connectivity index (χ2n) is 4.17. The zero-order chi connectivity index (χ0) is 14.3. The van der Waals surface area contributed by atoms with E-state index in [-0.39, 0.29) is 4.21 Å². The van der Waals surface area contributed by atoms with E-state index in [1.807, 2.05) is 0 Å². The van der Waals surface area contributed by atoms with Crippen molar-refractivity contribution in [3.8, 4) is 0 Å². The molecule has 0 saturated carbocycles. The summed E-state index contributed by atoms with van der Waals surface area (Å²) >= 11 is 0.663. The summed E-state index contributed by atoms with van der Waals surface area (Å²) in [4.78, 5) is 13.3. The number of thiazole rings is 1. The Labute approximate surface area is 117 Å². The van der Waals surface area contributed by atoms with Crippen LogP contribution in [0.1, 0.15) is 5.69 Å². The molecule has 0 aliphatic carbocycles. The van der Waals surface area contributed by atoms with Crippen LogP contribution in [0.5, 0.6) is 0 Å². The Morgan fingerprint density at radius 3 is 2.85 bits per heavy atom. The zero-order valence-corrected chi connectivity index (χ0v) is 11.9. The molecule has 0 saturated heterocycles. The lowest BCUT2D eigenvalue weighted by Gasteiger charge is -2.07. The van der Waals surface area contributed by atoms with Gasteiger partial charge in [0.25, 0.3) is 10.0 Å². The molecule has 7 nitrogen and oxygen atoms in total. The number of nitrogens with zero attached hydrogens (tertiary/aromatic N) is 1. The average Bonchev–Trinajstić information content (AvgIpc) is 2.96. The van der Waals surface area contributed by atoms with E-state index in [0.29, 0.717) is 28.1 Å². The van der Waals surface area contributed by atoms with Gasteiger partial charge in [-0.1, -0.05) is 17.4 Å². The molecule has 0 fully saturated rings. The fourth-order valence-electron chi connectivity index (χ4n) is 1.90. The van der Waals surface area contributed by atoms with E-state index in [9.17, 15) is 13.2 Å². The first kappa shape index (κ1) is 12.9. The summed E-state index contributed by atoms with van der Waals surface area (Å²) in [5.74, 6) is 0. The number of rotatable bonds is 3. The summed E-state index contributed by atoms with van der Waals surface area (Å²) in [6, 6.07) is 5.14. The lowest BCUT2D eigenvalue weighted by Crippen LogP contribution is -2.12. The highest BCUT2D eigenvalue weighted by Gasteiger charge is 2.21. The maximum Gasteiger partial charge on any atom is 0.306 e. The van der Waals surface area contributed by atoms with Gasteiger partial charge >= 0.3 is 4.87 Å². The third-order valence-corrected chi connectivity index (χ3v) is 5.72. The Balaban J connectivity index is 2.08. The fourth-order valence-corrected chi connectivity index (χ4v) is 4.28. The number of nitrogens with one attached hydrogen (secondary N) is 3. The summed E-state index contributed by atoms with van der Waals surface area (Å²) in [7, 11) is -3.80. The molecule has 0 unspecified atom stereocenters. The highest BCUT2D eigenvalue weighted by Crippen LogP contribution is 2.25. The molecule has 0 aliphatic heterocycles. The van der Waals surface area contributed by atoms with Gasteiger partial charge in [0.2, 0.25) is 0 Å². The van der Waals surface area contributed by atoms with E-state index < -0.39 is 14.9 Å². The number of anilines is 1. The molecule has 3 N–H and O–H groups in total. The van der Waals surface area contributed by atoms with E-state index in [0.717, 1.165) is 5.52 Å². The van der Waals surface area contributed by atoms with Crippen molar-refractivity contribution in [3.63, 3.8) is 0 Å². The van der Waals surface area contributed by atoms with E-state index in [4.69, 9.17) is 0 Å². The SMILES string of the molecule is Cc1[nH]c(=O)sc1S(=O)(=O)Nc1cccc2[nH]ncc12. The molecular formula is C11H10N4O3S2. The van der Waals surface area contributed by atoms with Gasteiger partial charge in [0.1, 0.15) is 0 Å². The third-order valence-electron chi connectivity index (χ3n) is 2.75. The molecule has 2 aromatic heterocycles. The molecule has 104 valence electrons. The minimum absolute atomic E-state index is 0.0111. The lowest BCUT2D eigenvalue weighted by atomic mass is 10.2. The number of sulfonamides is 1. The summed E-state index contributed by atoms with van der Waals surface area (Å²) in [6.07, 6.45) is 1.54. The van der Waals surface area contributed by atoms with Crippen LogP contribution in [-0.4, -0.2) is 23.6 Å². The molecule has 3 rings (SSSR count). The minimum atomic E-state index is -3.80. The van der Waals surface area contributed by atoms with Crippen molar-refractivity contribution in [3.05, 3.63) is 39.8 Å². The Hall–Kier alpha value is -2.13. The summed E-state index contributed by atoms with van der Waals surface area (Å²) in [5.41, 5.74) is 1.47. The van der Waals surface area contributed by atoms with E-state index in [1.54, 1.807) is 31.3 Å². The first-order chi connectivity index (χ1) is 9.47. The number of hydrogen-bond donors (Lipinski definition) is 3. The van der Waals surface area contributed by atoms with Gasteiger partial charge in [-0.25, -0.2) is 8.42 Å². The quantitative estimate of drug-likeness (QED) is 0.680. The Morgan fingerprint density at radius 2 is 2.15 bits per heavy atom.